The van der Waals surface area contributed by atoms with Gasteiger partial charge in [-0.1, -0.05) is 22.6 Å². The first-order valence-corrected chi connectivity index (χ1v) is 14.6. The van der Waals surface area contributed by atoms with E-state index in [-0.39, 0.29) is 31.0 Å². The predicted octanol–water partition coefficient (Wildman–Crippen LogP) is 3.58. The van der Waals surface area contributed by atoms with E-state index in [0.29, 0.717) is 34.9 Å². The van der Waals surface area contributed by atoms with Crippen LogP contribution in [-0.2, 0) is 20.9 Å². The molecule has 1 aliphatic heterocycles. The monoisotopic (exact) mass is 668 g/mol. The van der Waals surface area contributed by atoms with Gasteiger partial charge in [0.15, 0.2) is 0 Å². The van der Waals surface area contributed by atoms with Gasteiger partial charge in [0.1, 0.15) is 17.3 Å². The van der Waals surface area contributed by atoms with Gasteiger partial charge in [0.2, 0.25) is 5.60 Å². The van der Waals surface area contributed by atoms with Crippen molar-refractivity contribution in [3.8, 4) is 0 Å². The van der Waals surface area contributed by atoms with Gasteiger partial charge < -0.3 is 30.4 Å². The summed E-state index contributed by atoms with van der Waals surface area (Å²) in [4.78, 5) is 42.8. The van der Waals surface area contributed by atoms with Gasteiger partial charge in [-0.25, -0.2) is 8.78 Å². The van der Waals surface area contributed by atoms with Crippen LogP contribution >= 0.6 is 22.6 Å². The van der Waals surface area contributed by atoms with Gasteiger partial charge in [-0.05, 0) is 61.2 Å². The van der Waals surface area contributed by atoms with Crippen LogP contribution < -0.4 is 15.5 Å². The molecule has 0 spiro atoms. The lowest BCUT2D eigenvalue weighted by Crippen LogP contribution is -2.52. The van der Waals surface area contributed by atoms with Gasteiger partial charge in [-0.3, -0.25) is 14.4 Å². The number of aromatic amines is 1. The van der Waals surface area contributed by atoms with Crippen LogP contribution in [0.25, 0.3) is 10.9 Å². The SMILES string of the molecule is O=C(NCCCCCOCCI)c1cc2cc(N3CCC(O)(C(=O)NCc4cc(F)cc(F)c4)C3=O)ccc2[nH]1. The zero-order valence-electron chi connectivity index (χ0n) is 21.8. The van der Waals surface area contributed by atoms with Crippen molar-refractivity contribution in [2.24, 2.45) is 0 Å². The number of nitrogens with one attached hydrogen (secondary N) is 3. The van der Waals surface area contributed by atoms with Crippen LogP contribution in [0.3, 0.4) is 0 Å². The van der Waals surface area contributed by atoms with Gasteiger partial charge in [0, 0.05) is 59.7 Å². The molecule has 2 heterocycles. The standard InChI is InChI=1S/C28H31F2IN4O5/c29-20-12-18(13-21(30)16-20)17-33-26(37)28(39)6-9-35(27(28)38)22-4-5-23-19(14-22)15-24(34-23)25(36)32-8-2-1-3-10-40-11-7-31/h4-5,12-16,34,39H,1-3,6-11,17H2,(H,32,36)(H,33,37). The topological polar surface area (TPSA) is 124 Å². The third kappa shape index (κ3) is 7.15. The highest BCUT2D eigenvalue weighted by atomic mass is 127. The lowest BCUT2D eigenvalue weighted by Gasteiger charge is -2.22. The van der Waals surface area contributed by atoms with Crippen molar-refractivity contribution < 1.29 is 33.0 Å². The number of unbranched alkanes of at least 4 members (excludes halogenated alkanes) is 2. The zero-order chi connectivity index (χ0) is 28.7. The van der Waals surface area contributed by atoms with Gasteiger partial charge in [-0.15, -0.1) is 0 Å². The number of anilines is 1. The first-order valence-electron chi connectivity index (χ1n) is 13.0. The largest absolute Gasteiger partial charge is 0.381 e. The molecule has 9 nitrogen and oxygen atoms in total. The van der Waals surface area contributed by atoms with Crippen molar-refractivity contribution in [2.75, 3.05) is 35.6 Å². The second-order valence-electron chi connectivity index (χ2n) is 9.60. The molecular formula is C28H31F2IN4O5. The first-order chi connectivity index (χ1) is 19.2. The number of hydrogen-bond donors (Lipinski definition) is 4. The predicted molar refractivity (Wildman–Crippen MR) is 154 cm³/mol. The van der Waals surface area contributed by atoms with Gasteiger partial charge in [-0.2, -0.15) is 0 Å². The number of carbonyl (C=O) groups excluding carboxylic acids is 3. The summed E-state index contributed by atoms with van der Waals surface area (Å²) in [6.07, 6.45) is 2.59. The van der Waals surface area contributed by atoms with Crippen LogP contribution in [0.15, 0.2) is 42.5 Å². The number of fused-ring (bicyclic) bond motifs is 1. The molecule has 3 amide bonds. The molecule has 1 fully saturated rings. The highest BCUT2D eigenvalue weighted by Crippen LogP contribution is 2.31. The minimum atomic E-state index is -2.31. The number of aromatic nitrogens is 1. The Balaban J connectivity index is 1.33. The van der Waals surface area contributed by atoms with Crippen molar-refractivity contribution >= 4 is 56.9 Å². The minimum Gasteiger partial charge on any atom is -0.381 e. The molecule has 1 saturated heterocycles. The number of amides is 3. The molecule has 4 N–H and O–H groups in total. The maximum Gasteiger partial charge on any atom is 0.268 e. The lowest BCUT2D eigenvalue weighted by molar-refractivity contribution is -0.149. The molecule has 4 rings (SSSR count). The Labute approximate surface area is 243 Å². The van der Waals surface area contributed by atoms with E-state index in [1.165, 1.54) is 4.90 Å². The molecule has 1 aromatic heterocycles. The van der Waals surface area contributed by atoms with Crippen molar-refractivity contribution in [3.05, 3.63) is 65.4 Å². The van der Waals surface area contributed by atoms with Crippen molar-refractivity contribution in [1.29, 1.82) is 0 Å². The first kappa shape index (κ1) is 29.9. The van der Waals surface area contributed by atoms with Crippen molar-refractivity contribution in [3.63, 3.8) is 0 Å². The summed E-state index contributed by atoms with van der Waals surface area (Å²) in [6, 6.07) is 9.60. The van der Waals surface area contributed by atoms with Gasteiger partial charge in [0.25, 0.3) is 17.7 Å². The van der Waals surface area contributed by atoms with Crippen LogP contribution in [0.2, 0.25) is 0 Å². The number of nitrogens with zero attached hydrogens (tertiary/aromatic N) is 1. The summed E-state index contributed by atoms with van der Waals surface area (Å²) in [5.41, 5.74) is -0.611. The molecule has 3 aromatic rings. The Kier molecular flexibility index (Phi) is 10.1. The van der Waals surface area contributed by atoms with Crippen LogP contribution in [0.4, 0.5) is 14.5 Å². The quantitative estimate of drug-likeness (QED) is 0.0961. The molecule has 0 bridgehead atoms. The van der Waals surface area contributed by atoms with Crippen molar-refractivity contribution in [2.45, 2.75) is 37.8 Å². The maximum atomic E-state index is 13.4. The maximum absolute atomic E-state index is 13.4. The summed E-state index contributed by atoms with van der Waals surface area (Å²) in [5.74, 6) is -3.58. The Hall–Kier alpha value is -3.10. The molecule has 0 radical (unpaired) electrons. The number of carbonyl (C=O) groups is 3. The third-order valence-electron chi connectivity index (χ3n) is 6.68. The molecule has 12 heteroatoms. The van der Waals surface area contributed by atoms with Crippen LogP contribution in [0, 0.1) is 11.6 Å². The Bertz CT molecular complexity index is 1360. The Morgan fingerprint density at radius 1 is 1.05 bits per heavy atom. The number of rotatable bonds is 13. The molecule has 1 aliphatic rings. The Morgan fingerprint density at radius 2 is 1.82 bits per heavy atom. The number of halogens is 3. The van der Waals surface area contributed by atoms with Crippen LogP contribution in [0.1, 0.15) is 41.7 Å². The summed E-state index contributed by atoms with van der Waals surface area (Å²) < 4.78 is 33.3. The number of benzene rings is 2. The van der Waals surface area contributed by atoms with Crippen molar-refractivity contribution in [1.82, 2.24) is 15.6 Å². The number of H-pyrrole nitrogens is 1. The molecule has 0 saturated carbocycles. The smallest absolute Gasteiger partial charge is 0.268 e. The summed E-state index contributed by atoms with van der Waals surface area (Å²) >= 11 is 2.27. The molecule has 40 heavy (non-hydrogen) atoms. The van der Waals surface area contributed by atoms with Gasteiger partial charge in [0.05, 0.1) is 6.61 Å². The summed E-state index contributed by atoms with van der Waals surface area (Å²) in [6.45, 7) is 1.85. The second-order valence-corrected chi connectivity index (χ2v) is 10.7. The fraction of sp³-hybridized carbons (Fsp3) is 0.393. The summed E-state index contributed by atoms with van der Waals surface area (Å²) in [7, 11) is 0. The molecule has 1 atom stereocenters. The van der Waals surface area contributed by atoms with E-state index in [0.717, 1.165) is 49.0 Å². The molecule has 0 aliphatic carbocycles. The van der Waals surface area contributed by atoms with Gasteiger partial charge >= 0.3 is 0 Å². The minimum absolute atomic E-state index is 0.0870. The molecule has 2 aromatic carbocycles. The number of hydrogen-bond acceptors (Lipinski definition) is 5. The molecular weight excluding hydrogens is 637 g/mol. The number of ether oxygens (including phenoxy) is 1. The zero-order valence-corrected chi connectivity index (χ0v) is 23.9. The third-order valence-corrected chi connectivity index (χ3v) is 7.12. The molecule has 1 unspecified atom stereocenters. The highest BCUT2D eigenvalue weighted by molar-refractivity contribution is 14.1. The van der Waals surface area contributed by atoms with E-state index in [9.17, 15) is 28.3 Å². The average Bonchev–Trinajstić information content (AvgIpc) is 3.49. The fourth-order valence-corrected chi connectivity index (χ4v) is 4.89. The van der Waals surface area contributed by atoms with Crippen LogP contribution in [-0.4, -0.2) is 64.1 Å². The van der Waals surface area contributed by atoms with E-state index in [1.807, 2.05) is 0 Å². The van der Waals surface area contributed by atoms with E-state index < -0.39 is 29.0 Å². The van der Waals surface area contributed by atoms with Crippen LogP contribution in [0.5, 0.6) is 0 Å². The van der Waals surface area contributed by atoms with E-state index in [1.54, 1.807) is 24.3 Å². The van der Waals surface area contributed by atoms with E-state index in [2.05, 4.69) is 38.2 Å². The van der Waals surface area contributed by atoms with E-state index in [4.69, 9.17) is 4.74 Å². The average molecular weight is 668 g/mol. The Morgan fingerprint density at radius 3 is 2.58 bits per heavy atom. The number of aliphatic hydroxyl groups is 1. The molecule has 214 valence electrons. The summed E-state index contributed by atoms with van der Waals surface area (Å²) in [5, 5.41) is 16.9. The second kappa shape index (κ2) is 13.5. The lowest BCUT2D eigenvalue weighted by atomic mass is 10.0. The van der Waals surface area contributed by atoms with E-state index >= 15 is 0 Å². The fourth-order valence-electron chi connectivity index (χ4n) is 4.57. The normalized spacial score (nSPS) is 17.0. The number of alkyl halides is 1. The highest BCUT2D eigenvalue weighted by Gasteiger charge is 2.51.